The summed E-state index contributed by atoms with van der Waals surface area (Å²) >= 11 is 0. The van der Waals surface area contributed by atoms with Crippen molar-refractivity contribution in [2.24, 2.45) is 23.2 Å². The number of methoxy groups -OCH3 is 2. The lowest BCUT2D eigenvalue weighted by Gasteiger charge is -2.50. The maximum absolute atomic E-state index is 13.9. The van der Waals surface area contributed by atoms with E-state index in [1.54, 1.807) is 14.2 Å². The quantitative estimate of drug-likeness (QED) is 0.776. The Labute approximate surface area is 176 Å². The fraction of sp³-hybridized carbons (Fsp3) is 0.423. The number of allylic oxidation sites excluding steroid dienone is 1. The van der Waals surface area contributed by atoms with Gasteiger partial charge in [0.05, 0.1) is 13.0 Å². The van der Waals surface area contributed by atoms with E-state index >= 15 is 0 Å². The Morgan fingerprint density at radius 1 is 1.17 bits per heavy atom. The average molecular weight is 402 g/mol. The summed E-state index contributed by atoms with van der Waals surface area (Å²) in [4.78, 5) is 13.9. The van der Waals surface area contributed by atoms with Gasteiger partial charge in [0.25, 0.3) is 0 Å². The second kappa shape index (κ2) is 5.63. The number of hydrogen-bond acceptors (Lipinski definition) is 4. The number of carbonyl (C=O) groups excluding carboxylic acids is 1. The van der Waals surface area contributed by atoms with Gasteiger partial charge in [0.2, 0.25) is 0 Å². The summed E-state index contributed by atoms with van der Waals surface area (Å²) in [6, 6.07) is 16.1. The highest BCUT2D eigenvalue weighted by atomic mass is 16.5. The summed E-state index contributed by atoms with van der Waals surface area (Å²) in [6.45, 7) is 4.02. The molecule has 7 atom stereocenters. The average Bonchev–Trinajstić information content (AvgIpc) is 3.10. The predicted octanol–water partition coefficient (Wildman–Crippen LogP) is 3.63. The monoisotopic (exact) mass is 402 g/mol. The van der Waals surface area contributed by atoms with Gasteiger partial charge in [0.1, 0.15) is 17.0 Å². The summed E-state index contributed by atoms with van der Waals surface area (Å²) in [5.41, 5.74) is 0.671. The molecule has 154 valence electrons. The highest BCUT2D eigenvalue weighted by Crippen LogP contribution is 2.89. The van der Waals surface area contributed by atoms with Crippen LogP contribution in [-0.2, 0) is 21.6 Å². The molecule has 0 spiro atoms. The van der Waals surface area contributed by atoms with Gasteiger partial charge in [-0.1, -0.05) is 42.5 Å². The zero-order valence-electron chi connectivity index (χ0n) is 17.3. The predicted molar refractivity (Wildman–Crippen MR) is 112 cm³/mol. The highest BCUT2D eigenvalue weighted by Gasteiger charge is 2.98. The van der Waals surface area contributed by atoms with Crippen LogP contribution in [0.2, 0.25) is 0 Å². The summed E-state index contributed by atoms with van der Waals surface area (Å²) in [5.74, 6) is 0.231. The van der Waals surface area contributed by atoms with Crippen LogP contribution in [0.3, 0.4) is 0 Å². The van der Waals surface area contributed by atoms with Gasteiger partial charge < -0.3 is 14.6 Å². The topological polar surface area (TPSA) is 55.8 Å². The number of carbonyl (C=O) groups is 1. The Balaban J connectivity index is 1.62. The van der Waals surface area contributed by atoms with E-state index in [0.717, 1.165) is 12.0 Å². The summed E-state index contributed by atoms with van der Waals surface area (Å²) in [6.07, 6.45) is 3.36. The van der Waals surface area contributed by atoms with Crippen molar-refractivity contribution in [2.75, 3.05) is 14.2 Å². The molecule has 0 unspecified atom stereocenters. The fourth-order valence-electron chi connectivity index (χ4n) is 8.00. The lowest BCUT2D eigenvalue weighted by atomic mass is 9.54. The van der Waals surface area contributed by atoms with E-state index < -0.39 is 22.5 Å². The molecule has 1 N–H and O–H groups in total. The van der Waals surface area contributed by atoms with Crippen molar-refractivity contribution in [1.29, 1.82) is 0 Å². The van der Waals surface area contributed by atoms with E-state index in [0.29, 0.717) is 12.2 Å². The van der Waals surface area contributed by atoms with Gasteiger partial charge in [-0.15, -0.1) is 6.58 Å². The molecule has 0 aliphatic heterocycles. The molecule has 0 radical (unpaired) electrons. The van der Waals surface area contributed by atoms with Gasteiger partial charge in [-0.3, -0.25) is 4.79 Å². The molecular formula is C26H26O4. The van der Waals surface area contributed by atoms with E-state index in [1.165, 1.54) is 11.1 Å². The summed E-state index contributed by atoms with van der Waals surface area (Å²) in [5, 5.41) is 12.4. The van der Waals surface area contributed by atoms with Gasteiger partial charge in [0.15, 0.2) is 5.78 Å². The van der Waals surface area contributed by atoms with Crippen molar-refractivity contribution in [3.63, 3.8) is 0 Å². The maximum atomic E-state index is 13.9. The number of hydrogen-bond donors (Lipinski definition) is 1. The third-order valence-corrected chi connectivity index (χ3v) is 8.69. The van der Waals surface area contributed by atoms with Crippen LogP contribution in [-0.4, -0.2) is 30.7 Å². The molecular weight excluding hydrogens is 376 g/mol. The first-order valence-corrected chi connectivity index (χ1v) is 10.7. The van der Waals surface area contributed by atoms with E-state index in [9.17, 15) is 9.90 Å². The van der Waals surface area contributed by atoms with Crippen LogP contribution in [0.4, 0.5) is 0 Å². The van der Waals surface area contributed by atoms with Gasteiger partial charge in [0, 0.05) is 18.4 Å². The van der Waals surface area contributed by atoms with E-state index in [2.05, 4.69) is 30.8 Å². The Morgan fingerprint density at radius 2 is 1.97 bits per heavy atom. The smallest absolute Gasteiger partial charge is 0.172 e. The number of rotatable bonds is 5. The van der Waals surface area contributed by atoms with Crippen molar-refractivity contribution in [1.82, 2.24) is 0 Å². The summed E-state index contributed by atoms with van der Waals surface area (Å²) < 4.78 is 11.5. The number of Topliss-reactive ketones (excluding diaryl/α,β-unsaturated/α-hetero) is 1. The van der Waals surface area contributed by atoms with E-state index in [1.807, 2.05) is 30.3 Å². The van der Waals surface area contributed by atoms with Crippen LogP contribution in [0.25, 0.3) is 0 Å². The first kappa shape index (κ1) is 18.3. The number of aliphatic hydroxyl groups is 1. The molecule has 0 saturated heterocycles. The third-order valence-electron chi connectivity index (χ3n) is 8.69. The SMILES string of the molecule is C=CC[C@@]12[C@@H]3c4ccccc4C[C@@H]3[C@@H]3C(=O)[C@]1(OC)[C@H]2[C@]3(O)c1cccc(OC)c1. The Kier molecular flexibility index (Phi) is 3.44. The Morgan fingerprint density at radius 3 is 2.70 bits per heavy atom. The zero-order valence-corrected chi connectivity index (χ0v) is 17.3. The van der Waals surface area contributed by atoms with Crippen molar-refractivity contribution in [3.8, 4) is 5.75 Å². The zero-order chi connectivity index (χ0) is 20.9. The number of benzene rings is 2. The van der Waals surface area contributed by atoms with Crippen molar-refractivity contribution in [3.05, 3.63) is 77.9 Å². The highest BCUT2D eigenvalue weighted by molar-refractivity contribution is 6.02. The number of ether oxygens (including phenoxy) is 2. The van der Waals surface area contributed by atoms with Gasteiger partial charge in [-0.05, 0) is 53.5 Å². The molecule has 0 amide bonds. The second-order valence-corrected chi connectivity index (χ2v) is 9.35. The molecule has 3 saturated carbocycles. The molecule has 4 aliphatic carbocycles. The lowest BCUT2D eigenvalue weighted by Crippen LogP contribution is -2.55. The maximum Gasteiger partial charge on any atom is 0.172 e. The van der Waals surface area contributed by atoms with Gasteiger partial charge >= 0.3 is 0 Å². The molecule has 6 rings (SSSR count). The normalized spacial score (nSPS) is 41.9. The molecule has 4 heteroatoms. The van der Waals surface area contributed by atoms with Gasteiger partial charge in [-0.25, -0.2) is 0 Å². The second-order valence-electron chi connectivity index (χ2n) is 9.35. The van der Waals surface area contributed by atoms with Crippen molar-refractivity contribution in [2.45, 2.75) is 30.0 Å². The Bertz CT molecular complexity index is 1090. The standard InChI is InChI=1S/C26H26O4/c1-4-12-24-20-18-11-6-5-8-15(18)13-19(20)21-22(27)26(24,30-3)23(24)25(21,28)16-9-7-10-17(14-16)29-2/h4-11,14,19-21,23,28H,1,12-13H2,2-3H3/t19-,20+,21+,23+,24-,25-,26-/m0/s1. The number of fused-ring (bicyclic) bond motifs is 7. The fourth-order valence-corrected chi connectivity index (χ4v) is 8.00. The van der Waals surface area contributed by atoms with Crippen molar-refractivity contribution >= 4 is 5.78 Å². The molecule has 3 fully saturated rings. The molecule has 4 nitrogen and oxygen atoms in total. The molecule has 30 heavy (non-hydrogen) atoms. The Hall–Kier alpha value is -2.43. The minimum absolute atomic E-state index is 0.0630. The molecule has 2 aromatic rings. The molecule has 0 aromatic heterocycles. The molecule has 2 aromatic carbocycles. The van der Waals surface area contributed by atoms with Crippen LogP contribution in [0.15, 0.2) is 61.2 Å². The minimum atomic E-state index is -1.27. The van der Waals surface area contributed by atoms with E-state index in [-0.39, 0.29) is 23.5 Å². The summed E-state index contributed by atoms with van der Waals surface area (Å²) in [7, 11) is 3.25. The van der Waals surface area contributed by atoms with Gasteiger partial charge in [-0.2, -0.15) is 0 Å². The first-order chi connectivity index (χ1) is 14.5. The van der Waals surface area contributed by atoms with Crippen LogP contribution in [0.1, 0.15) is 29.0 Å². The number of ketones is 1. The van der Waals surface area contributed by atoms with Crippen molar-refractivity contribution < 1.29 is 19.4 Å². The molecule has 4 aliphatic rings. The lowest BCUT2D eigenvalue weighted by molar-refractivity contribution is -0.158. The van der Waals surface area contributed by atoms with E-state index in [4.69, 9.17) is 9.47 Å². The van der Waals surface area contributed by atoms with Crippen LogP contribution >= 0.6 is 0 Å². The molecule has 0 heterocycles. The van der Waals surface area contributed by atoms with Crippen LogP contribution in [0, 0.1) is 23.2 Å². The third kappa shape index (κ3) is 1.66. The first-order valence-electron chi connectivity index (χ1n) is 10.7. The largest absolute Gasteiger partial charge is 0.497 e. The van der Waals surface area contributed by atoms with Crippen LogP contribution < -0.4 is 4.74 Å². The molecule has 2 bridgehead atoms. The van der Waals surface area contributed by atoms with Crippen LogP contribution in [0.5, 0.6) is 5.75 Å². The minimum Gasteiger partial charge on any atom is -0.497 e.